The normalized spacial score (nSPS) is 9.25. The topological polar surface area (TPSA) is 17.1 Å². The highest BCUT2D eigenvalue weighted by Gasteiger charge is 1.94. The number of alkyl halides is 1. The van der Waals surface area contributed by atoms with Gasteiger partial charge in [-0.25, -0.2) is 0 Å². The fraction of sp³-hybridized carbons (Fsp3) is 0.800. The summed E-state index contributed by atoms with van der Waals surface area (Å²) in [5.74, 6) is 0.507. The molecule has 0 aromatic carbocycles. The second kappa shape index (κ2) is 5.04. The van der Waals surface area contributed by atoms with Gasteiger partial charge in [-0.1, -0.05) is 0 Å². The van der Waals surface area contributed by atoms with Gasteiger partial charge < -0.3 is 0 Å². The summed E-state index contributed by atoms with van der Waals surface area (Å²) in [5.41, 5.74) is 0. The zero-order valence-electron chi connectivity index (χ0n) is 4.49. The Hall–Kier alpha value is -0.110. The number of carbonyl (C=O) groups is 1. The summed E-state index contributed by atoms with van der Waals surface area (Å²) < 4.78 is 11.3. The molecule has 3 heteroatoms. The smallest absolute Gasteiger partial charge is 0.261 e. The SMILES string of the molecule is O=C(F)CCCCCl. The van der Waals surface area contributed by atoms with Crippen LogP contribution in [0.3, 0.4) is 0 Å². The highest BCUT2D eigenvalue weighted by atomic mass is 35.5. The van der Waals surface area contributed by atoms with Crippen molar-refractivity contribution in [2.24, 2.45) is 0 Å². The number of unbranched alkanes of at least 4 members (excludes halogenated alkanes) is 1. The summed E-state index contributed by atoms with van der Waals surface area (Å²) in [7, 11) is 0. The van der Waals surface area contributed by atoms with Crippen molar-refractivity contribution in [1.82, 2.24) is 0 Å². The summed E-state index contributed by atoms with van der Waals surface area (Å²) >= 11 is 5.25. The summed E-state index contributed by atoms with van der Waals surface area (Å²) in [4.78, 5) is 9.61. The summed E-state index contributed by atoms with van der Waals surface area (Å²) in [6.07, 6.45) is 1.31. The largest absolute Gasteiger partial charge is 0.301 e. The fourth-order valence-electron chi connectivity index (χ4n) is 0.358. The van der Waals surface area contributed by atoms with Gasteiger partial charge in [-0.15, -0.1) is 11.6 Å². The van der Waals surface area contributed by atoms with Crippen molar-refractivity contribution in [1.29, 1.82) is 0 Å². The average Bonchev–Trinajstić information content (AvgIpc) is 1.66. The minimum Gasteiger partial charge on any atom is -0.261 e. The van der Waals surface area contributed by atoms with Gasteiger partial charge in [0.05, 0.1) is 0 Å². The molecule has 0 atom stereocenters. The minimum absolute atomic E-state index is 0.0206. The quantitative estimate of drug-likeness (QED) is 0.329. The lowest BCUT2D eigenvalue weighted by atomic mass is 10.3. The monoisotopic (exact) mass is 138 g/mol. The van der Waals surface area contributed by atoms with Crippen LogP contribution in [0.25, 0.3) is 0 Å². The van der Waals surface area contributed by atoms with E-state index in [9.17, 15) is 9.18 Å². The maximum atomic E-state index is 11.3. The van der Waals surface area contributed by atoms with Crippen molar-refractivity contribution in [2.45, 2.75) is 19.3 Å². The van der Waals surface area contributed by atoms with Crippen molar-refractivity contribution >= 4 is 17.6 Å². The third-order valence-electron chi connectivity index (χ3n) is 0.757. The number of rotatable bonds is 4. The van der Waals surface area contributed by atoms with Crippen molar-refractivity contribution in [3.8, 4) is 0 Å². The van der Waals surface area contributed by atoms with Crippen LogP contribution >= 0.6 is 11.6 Å². The Morgan fingerprint density at radius 3 is 2.50 bits per heavy atom. The van der Waals surface area contributed by atoms with Crippen LogP contribution in [0, 0.1) is 0 Å². The van der Waals surface area contributed by atoms with E-state index in [2.05, 4.69) is 0 Å². The predicted octanol–water partition coefficient (Wildman–Crippen LogP) is 1.89. The second-order valence-electron chi connectivity index (χ2n) is 1.50. The predicted molar refractivity (Wildman–Crippen MR) is 30.7 cm³/mol. The van der Waals surface area contributed by atoms with Gasteiger partial charge in [-0.2, -0.15) is 4.39 Å². The lowest BCUT2D eigenvalue weighted by Gasteiger charge is -1.87. The number of carbonyl (C=O) groups excluding carboxylic acids is 1. The van der Waals surface area contributed by atoms with Crippen LogP contribution in [-0.2, 0) is 4.79 Å². The van der Waals surface area contributed by atoms with Crippen LogP contribution in [0.2, 0.25) is 0 Å². The second-order valence-corrected chi connectivity index (χ2v) is 1.88. The van der Waals surface area contributed by atoms with Crippen molar-refractivity contribution < 1.29 is 9.18 Å². The minimum atomic E-state index is -1.24. The first kappa shape index (κ1) is 7.89. The van der Waals surface area contributed by atoms with Crippen LogP contribution in [-0.4, -0.2) is 11.9 Å². The maximum Gasteiger partial charge on any atom is 0.301 e. The van der Waals surface area contributed by atoms with Gasteiger partial charge in [0.15, 0.2) is 0 Å². The van der Waals surface area contributed by atoms with Gasteiger partial charge in [-0.05, 0) is 12.8 Å². The molecular formula is C5H8ClFO. The van der Waals surface area contributed by atoms with Crippen molar-refractivity contribution in [3.05, 3.63) is 0 Å². The number of hydrogen-bond acceptors (Lipinski definition) is 1. The standard InChI is InChI=1S/C5H8ClFO/c6-4-2-1-3-5(7)8/h1-4H2. The van der Waals surface area contributed by atoms with E-state index in [0.29, 0.717) is 12.3 Å². The molecule has 0 unspecified atom stereocenters. The van der Waals surface area contributed by atoms with Gasteiger partial charge in [0.2, 0.25) is 0 Å². The van der Waals surface area contributed by atoms with Crippen LogP contribution in [0.5, 0.6) is 0 Å². The average molecular weight is 139 g/mol. The highest BCUT2D eigenvalue weighted by Crippen LogP contribution is 1.97. The molecular weight excluding hydrogens is 131 g/mol. The lowest BCUT2D eigenvalue weighted by Crippen LogP contribution is -1.86. The molecule has 8 heavy (non-hydrogen) atoms. The first-order valence-electron chi connectivity index (χ1n) is 2.51. The molecule has 0 aromatic heterocycles. The summed E-state index contributed by atoms with van der Waals surface area (Å²) in [5, 5.41) is 0. The van der Waals surface area contributed by atoms with E-state index in [1.165, 1.54) is 0 Å². The molecule has 0 spiro atoms. The molecule has 0 heterocycles. The van der Waals surface area contributed by atoms with Gasteiger partial charge in [0, 0.05) is 12.3 Å². The molecule has 0 saturated carbocycles. The van der Waals surface area contributed by atoms with Crippen LogP contribution in [0.4, 0.5) is 4.39 Å². The summed E-state index contributed by atoms with van der Waals surface area (Å²) in [6, 6.07) is -1.24. The molecule has 0 aliphatic heterocycles. The van der Waals surface area contributed by atoms with E-state index in [1.54, 1.807) is 0 Å². The molecule has 0 bridgehead atoms. The Labute approximate surface area is 52.8 Å². The molecule has 1 nitrogen and oxygen atoms in total. The Morgan fingerprint density at radius 2 is 2.12 bits per heavy atom. The van der Waals surface area contributed by atoms with Crippen LogP contribution in [0.1, 0.15) is 19.3 Å². The third-order valence-corrected chi connectivity index (χ3v) is 1.02. The zero-order valence-corrected chi connectivity index (χ0v) is 5.25. The van der Waals surface area contributed by atoms with E-state index >= 15 is 0 Å². The van der Waals surface area contributed by atoms with Crippen molar-refractivity contribution in [3.63, 3.8) is 0 Å². The molecule has 0 radical (unpaired) electrons. The first-order valence-corrected chi connectivity index (χ1v) is 3.05. The fourth-order valence-corrected chi connectivity index (χ4v) is 0.547. The molecule has 0 rings (SSSR count). The van der Waals surface area contributed by atoms with E-state index in [-0.39, 0.29) is 6.42 Å². The third kappa shape index (κ3) is 5.89. The van der Waals surface area contributed by atoms with Crippen molar-refractivity contribution in [2.75, 3.05) is 5.88 Å². The molecule has 0 N–H and O–H groups in total. The Bertz CT molecular complexity index is 74.8. The van der Waals surface area contributed by atoms with Gasteiger partial charge in [0.25, 0.3) is 0 Å². The number of halogens is 2. The summed E-state index contributed by atoms with van der Waals surface area (Å²) in [6.45, 7) is 0. The molecule has 0 saturated heterocycles. The van der Waals surface area contributed by atoms with Gasteiger partial charge in [0.1, 0.15) is 0 Å². The zero-order chi connectivity index (χ0) is 6.41. The molecule has 0 aliphatic rings. The van der Waals surface area contributed by atoms with E-state index in [1.807, 2.05) is 0 Å². The Kier molecular flexibility index (Phi) is 4.97. The van der Waals surface area contributed by atoms with Crippen LogP contribution in [0.15, 0.2) is 0 Å². The number of hydrogen-bond donors (Lipinski definition) is 0. The highest BCUT2D eigenvalue weighted by molar-refractivity contribution is 6.17. The molecule has 0 amide bonds. The Balaban J connectivity index is 2.82. The van der Waals surface area contributed by atoms with Gasteiger partial charge in [-0.3, -0.25) is 4.79 Å². The van der Waals surface area contributed by atoms with E-state index < -0.39 is 6.04 Å². The molecule has 0 aromatic rings. The van der Waals surface area contributed by atoms with Crippen LogP contribution < -0.4 is 0 Å². The first-order chi connectivity index (χ1) is 3.77. The molecule has 0 aliphatic carbocycles. The molecule has 0 fully saturated rings. The maximum absolute atomic E-state index is 11.3. The molecule has 48 valence electrons. The van der Waals surface area contributed by atoms with Gasteiger partial charge >= 0.3 is 6.04 Å². The van der Waals surface area contributed by atoms with E-state index in [0.717, 1.165) is 6.42 Å². The Morgan fingerprint density at radius 1 is 1.50 bits per heavy atom. The van der Waals surface area contributed by atoms with E-state index in [4.69, 9.17) is 11.6 Å². The lowest BCUT2D eigenvalue weighted by molar-refractivity contribution is -0.129.